The number of para-hydroxylation sites is 2. The Bertz CT molecular complexity index is 713. The van der Waals surface area contributed by atoms with E-state index in [-0.39, 0.29) is 24.6 Å². The zero-order chi connectivity index (χ0) is 18.2. The molecule has 0 spiro atoms. The molecule has 0 atom stereocenters. The lowest BCUT2D eigenvalue weighted by atomic mass is 10.1. The van der Waals surface area contributed by atoms with Gasteiger partial charge in [0.05, 0.1) is 0 Å². The van der Waals surface area contributed by atoms with E-state index in [1.165, 1.54) is 0 Å². The fourth-order valence-electron chi connectivity index (χ4n) is 2.80. The monoisotopic (exact) mass is 354 g/mol. The van der Waals surface area contributed by atoms with E-state index in [1.807, 2.05) is 48.5 Å². The number of piperidine rings is 1. The quantitative estimate of drug-likeness (QED) is 0.896. The molecule has 0 radical (unpaired) electrons. The number of nitrogens with one attached hydrogen (secondary N) is 1. The van der Waals surface area contributed by atoms with Crippen LogP contribution in [0.4, 0.5) is 4.79 Å². The Morgan fingerprint density at radius 3 is 2.12 bits per heavy atom. The molecule has 26 heavy (non-hydrogen) atoms. The van der Waals surface area contributed by atoms with Gasteiger partial charge in [-0.2, -0.15) is 0 Å². The average Bonchev–Trinajstić information content (AvgIpc) is 2.68. The van der Waals surface area contributed by atoms with Gasteiger partial charge in [-0.05, 0) is 37.1 Å². The third-order valence-corrected chi connectivity index (χ3v) is 4.18. The zero-order valence-electron chi connectivity index (χ0n) is 14.5. The van der Waals surface area contributed by atoms with Crippen molar-refractivity contribution in [3.63, 3.8) is 0 Å². The number of carbonyl (C=O) groups excluding carboxylic acids is 2. The molecule has 1 heterocycles. The maximum atomic E-state index is 12.2. The van der Waals surface area contributed by atoms with E-state index in [0.29, 0.717) is 37.4 Å². The molecule has 0 aromatic heterocycles. The van der Waals surface area contributed by atoms with Crippen molar-refractivity contribution in [1.82, 2.24) is 10.2 Å². The lowest BCUT2D eigenvalue weighted by molar-refractivity contribution is -0.124. The highest BCUT2D eigenvalue weighted by Gasteiger charge is 2.25. The van der Waals surface area contributed by atoms with Gasteiger partial charge in [-0.15, -0.1) is 0 Å². The van der Waals surface area contributed by atoms with E-state index in [0.717, 1.165) is 0 Å². The highest BCUT2D eigenvalue weighted by Crippen LogP contribution is 2.15. The van der Waals surface area contributed by atoms with Crippen molar-refractivity contribution in [1.29, 1.82) is 0 Å². The second-order valence-electron chi connectivity index (χ2n) is 6.11. The van der Waals surface area contributed by atoms with Gasteiger partial charge in [0.25, 0.3) is 5.91 Å². The highest BCUT2D eigenvalue weighted by atomic mass is 16.6. The van der Waals surface area contributed by atoms with Crippen molar-refractivity contribution in [2.75, 3.05) is 19.7 Å². The number of benzene rings is 2. The largest absolute Gasteiger partial charge is 0.484 e. The zero-order valence-corrected chi connectivity index (χ0v) is 14.5. The molecule has 2 aromatic carbocycles. The molecule has 6 heteroatoms. The smallest absolute Gasteiger partial charge is 0.415 e. The van der Waals surface area contributed by atoms with E-state index in [9.17, 15) is 9.59 Å². The summed E-state index contributed by atoms with van der Waals surface area (Å²) in [5.74, 6) is 1.05. The molecular weight excluding hydrogens is 332 g/mol. The first-order valence-electron chi connectivity index (χ1n) is 8.70. The minimum absolute atomic E-state index is 0.0136. The molecule has 1 aliphatic heterocycles. The Balaban J connectivity index is 1.38. The molecule has 2 aromatic rings. The highest BCUT2D eigenvalue weighted by molar-refractivity contribution is 5.78. The summed E-state index contributed by atoms with van der Waals surface area (Å²) in [6.07, 6.45) is 1.04. The van der Waals surface area contributed by atoms with Gasteiger partial charge in [0.15, 0.2) is 6.61 Å². The summed E-state index contributed by atoms with van der Waals surface area (Å²) in [6, 6.07) is 18.3. The van der Waals surface area contributed by atoms with Gasteiger partial charge in [0.2, 0.25) is 0 Å². The number of amides is 2. The molecule has 3 rings (SSSR count). The summed E-state index contributed by atoms with van der Waals surface area (Å²) in [5.41, 5.74) is 0. The number of likely N-dealkylation sites (tertiary alicyclic amines) is 1. The molecule has 0 aliphatic carbocycles. The van der Waals surface area contributed by atoms with E-state index in [4.69, 9.17) is 9.47 Å². The standard InChI is InChI=1S/C20H22N2O4/c23-19(15-25-17-7-3-1-4-8-17)21-16-11-13-22(14-12-16)20(24)26-18-9-5-2-6-10-18/h1-10,16H,11-15H2,(H,21,23). The van der Waals surface area contributed by atoms with Gasteiger partial charge in [0, 0.05) is 19.1 Å². The molecule has 0 saturated carbocycles. The Labute approximate surface area is 152 Å². The van der Waals surface area contributed by atoms with Crippen molar-refractivity contribution >= 4 is 12.0 Å². The number of rotatable bonds is 5. The summed E-state index contributed by atoms with van der Waals surface area (Å²) < 4.78 is 10.8. The first-order valence-corrected chi connectivity index (χ1v) is 8.70. The number of nitrogens with zero attached hydrogens (tertiary/aromatic N) is 1. The van der Waals surface area contributed by atoms with E-state index in [2.05, 4.69) is 5.32 Å². The van der Waals surface area contributed by atoms with Crippen LogP contribution in [0, 0.1) is 0 Å². The predicted molar refractivity (Wildman–Crippen MR) is 97.1 cm³/mol. The minimum atomic E-state index is -0.353. The van der Waals surface area contributed by atoms with Crippen LogP contribution >= 0.6 is 0 Å². The lowest BCUT2D eigenvalue weighted by Gasteiger charge is -2.31. The maximum absolute atomic E-state index is 12.2. The van der Waals surface area contributed by atoms with Crippen molar-refractivity contribution in [3.05, 3.63) is 60.7 Å². The van der Waals surface area contributed by atoms with Crippen LogP contribution in [0.25, 0.3) is 0 Å². The molecule has 0 unspecified atom stereocenters. The second kappa shape index (κ2) is 8.89. The molecular formula is C20H22N2O4. The molecule has 1 N–H and O–H groups in total. The van der Waals surface area contributed by atoms with Crippen molar-refractivity contribution in [2.45, 2.75) is 18.9 Å². The van der Waals surface area contributed by atoms with Crippen LogP contribution in [0.5, 0.6) is 11.5 Å². The second-order valence-corrected chi connectivity index (χ2v) is 6.11. The molecule has 1 saturated heterocycles. The molecule has 2 amide bonds. The van der Waals surface area contributed by atoms with E-state index >= 15 is 0 Å². The number of ether oxygens (including phenoxy) is 2. The van der Waals surface area contributed by atoms with Gasteiger partial charge in [0.1, 0.15) is 11.5 Å². The van der Waals surface area contributed by atoms with Gasteiger partial charge in [-0.25, -0.2) is 4.79 Å². The van der Waals surface area contributed by atoms with Gasteiger partial charge in [-0.3, -0.25) is 4.79 Å². The van der Waals surface area contributed by atoms with Crippen LogP contribution in [0.3, 0.4) is 0 Å². The lowest BCUT2D eigenvalue weighted by Crippen LogP contribution is -2.48. The Hall–Kier alpha value is -3.02. The first kappa shape index (κ1) is 17.8. The summed E-state index contributed by atoms with van der Waals surface area (Å²) in [4.78, 5) is 25.8. The number of hydrogen-bond acceptors (Lipinski definition) is 4. The van der Waals surface area contributed by atoms with Crippen LogP contribution in [0.15, 0.2) is 60.7 Å². The third-order valence-electron chi connectivity index (χ3n) is 4.18. The average molecular weight is 354 g/mol. The molecule has 136 valence electrons. The van der Waals surface area contributed by atoms with Crippen LogP contribution in [-0.2, 0) is 4.79 Å². The van der Waals surface area contributed by atoms with Gasteiger partial charge >= 0.3 is 6.09 Å². The van der Waals surface area contributed by atoms with Crippen molar-refractivity contribution in [3.8, 4) is 11.5 Å². The maximum Gasteiger partial charge on any atom is 0.415 e. The van der Waals surface area contributed by atoms with Gasteiger partial charge in [-0.1, -0.05) is 36.4 Å². The Morgan fingerprint density at radius 2 is 1.50 bits per heavy atom. The summed E-state index contributed by atoms with van der Waals surface area (Å²) in [6.45, 7) is 1.09. The summed E-state index contributed by atoms with van der Waals surface area (Å²) in [7, 11) is 0. The summed E-state index contributed by atoms with van der Waals surface area (Å²) >= 11 is 0. The van der Waals surface area contributed by atoms with Crippen LogP contribution in [-0.4, -0.2) is 42.6 Å². The van der Waals surface area contributed by atoms with E-state index < -0.39 is 0 Å². The Morgan fingerprint density at radius 1 is 0.923 bits per heavy atom. The fourth-order valence-corrected chi connectivity index (χ4v) is 2.80. The van der Waals surface area contributed by atoms with Crippen molar-refractivity contribution in [2.24, 2.45) is 0 Å². The number of carbonyl (C=O) groups is 2. The van der Waals surface area contributed by atoms with Crippen LogP contribution in [0.2, 0.25) is 0 Å². The number of hydrogen-bond donors (Lipinski definition) is 1. The molecule has 1 aliphatic rings. The van der Waals surface area contributed by atoms with Crippen LogP contribution in [0.1, 0.15) is 12.8 Å². The molecule has 6 nitrogen and oxygen atoms in total. The van der Waals surface area contributed by atoms with Gasteiger partial charge < -0.3 is 19.7 Å². The molecule has 1 fully saturated rings. The predicted octanol–water partition coefficient (Wildman–Crippen LogP) is 2.85. The first-order chi connectivity index (χ1) is 12.7. The topological polar surface area (TPSA) is 67.9 Å². The van der Waals surface area contributed by atoms with Crippen molar-refractivity contribution < 1.29 is 19.1 Å². The van der Waals surface area contributed by atoms with E-state index in [1.54, 1.807) is 17.0 Å². The fraction of sp³-hybridized carbons (Fsp3) is 0.300. The minimum Gasteiger partial charge on any atom is -0.484 e. The third kappa shape index (κ3) is 5.24. The SMILES string of the molecule is O=C(COc1ccccc1)NC1CCN(C(=O)Oc2ccccc2)CC1. The Kier molecular flexibility index (Phi) is 6.09. The normalized spacial score (nSPS) is 14.5. The summed E-state index contributed by atoms with van der Waals surface area (Å²) in [5, 5.41) is 2.96. The van der Waals surface area contributed by atoms with Crippen LogP contribution < -0.4 is 14.8 Å². The molecule has 0 bridgehead atoms.